The molecule has 2 aromatic rings. The molecule has 1 saturated heterocycles. The first-order valence-corrected chi connectivity index (χ1v) is 9.60. The summed E-state index contributed by atoms with van der Waals surface area (Å²) in [5, 5.41) is 0. The fraction of sp³-hybridized carbons (Fsp3) is 0.364. The highest BCUT2D eigenvalue weighted by Gasteiger charge is 2.19. The van der Waals surface area contributed by atoms with E-state index >= 15 is 0 Å². The monoisotopic (exact) mass is 417 g/mol. The molecule has 0 bridgehead atoms. The van der Waals surface area contributed by atoms with E-state index in [9.17, 15) is 14.0 Å². The second-order valence-electron chi connectivity index (χ2n) is 6.75. The Morgan fingerprint density at radius 3 is 2.47 bits per heavy atom. The molecule has 30 heavy (non-hydrogen) atoms. The number of esters is 1. The minimum atomic E-state index is -0.555. The van der Waals surface area contributed by atoms with Crippen molar-refractivity contribution in [1.82, 2.24) is 4.90 Å². The van der Waals surface area contributed by atoms with Crippen molar-refractivity contribution >= 4 is 11.9 Å². The van der Waals surface area contributed by atoms with Gasteiger partial charge in [0, 0.05) is 13.1 Å². The second kappa shape index (κ2) is 10.1. The molecular weight excluding hydrogens is 393 g/mol. The zero-order chi connectivity index (χ0) is 21.5. The van der Waals surface area contributed by atoms with Crippen LogP contribution >= 0.6 is 0 Å². The Morgan fingerprint density at radius 2 is 1.80 bits per heavy atom. The van der Waals surface area contributed by atoms with Gasteiger partial charge in [-0.1, -0.05) is 12.1 Å². The average Bonchev–Trinajstić information content (AvgIpc) is 2.78. The first kappa shape index (κ1) is 21.6. The van der Waals surface area contributed by atoms with Crippen LogP contribution < -0.4 is 9.47 Å². The molecule has 2 aromatic carbocycles. The van der Waals surface area contributed by atoms with E-state index < -0.39 is 12.1 Å². The minimum absolute atomic E-state index is 0.137. The van der Waals surface area contributed by atoms with E-state index in [2.05, 4.69) is 0 Å². The van der Waals surface area contributed by atoms with Crippen LogP contribution in [-0.2, 0) is 14.3 Å². The van der Waals surface area contributed by atoms with Gasteiger partial charge in [0.05, 0.1) is 25.9 Å². The number of ether oxygens (including phenoxy) is 4. The van der Waals surface area contributed by atoms with E-state index in [4.69, 9.17) is 18.9 Å². The lowest BCUT2D eigenvalue weighted by Gasteiger charge is -2.26. The number of morpholine rings is 1. The fourth-order valence-corrected chi connectivity index (χ4v) is 2.99. The lowest BCUT2D eigenvalue weighted by Crippen LogP contribution is -2.43. The van der Waals surface area contributed by atoms with Gasteiger partial charge < -0.3 is 23.8 Å². The Kier molecular flexibility index (Phi) is 7.24. The molecule has 1 aliphatic heterocycles. The highest BCUT2D eigenvalue weighted by molar-refractivity contribution is 5.90. The Hall–Kier alpha value is -3.13. The second-order valence-corrected chi connectivity index (χ2v) is 6.75. The van der Waals surface area contributed by atoms with Crippen LogP contribution in [0.15, 0.2) is 42.5 Å². The molecule has 1 amide bonds. The van der Waals surface area contributed by atoms with Crippen molar-refractivity contribution in [2.75, 3.05) is 40.0 Å². The maximum absolute atomic E-state index is 13.1. The van der Waals surface area contributed by atoms with Gasteiger partial charge in [-0.15, -0.1) is 0 Å². The van der Waals surface area contributed by atoms with E-state index in [1.807, 2.05) is 0 Å². The van der Waals surface area contributed by atoms with Gasteiger partial charge in [0.1, 0.15) is 11.9 Å². The molecule has 0 spiro atoms. The van der Waals surface area contributed by atoms with Crippen molar-refractivity contribution in [3.8, 4) is 11.5 Å². The smallest absolute Gasteiger partial charge is 0.338 e. The van der Waals surface area contributed by atoms with Crippen LogP contribution in [0.25, 0.3) is 0 Å². The molecular formula is C22H24FNO6. The van der Waals surface area contributed by atoms with Crippen LogP contribution in [0.2, 0.25) is 0 Å². The van der Waals surface area contributed by atoms with Crippen LogP contribution in [0.1, 0.15) is 28.9 Å². The van der Waals surface area contributed by atoms with Crippen molar-refractivity contribution in [1.29, 1.82) is 0 Å². The van der Waals surface area contributed by atoms with E-state index in [0.717, 1.165) is 0 Å². The molecule has 0 aliphatic carbocycles. The maximum atomic E-state index is 13.1. The van der Waals surface area contributed by atoms with E-state index in [1.54, 1.807) is 30.0 Å². The molecule has 7 nitrogen and oxygen atoms in total. The predicted octanol–water partition coefficient (Wildman–Crippen LogP) is 2.99. The van der Waals surface area contributed by atoms with Gasteiger partial charge in [-0.05, 0) is 42.8 Å². The standard InChI is InChI=1S/C22H24FNO6/c1-15(16-3-6-18(23)7-4-16)30-22(26)17-5-8-19(20(13-17)27-2)29-14-21(25)24-9-11-28-12-10-24/h3-8,13,15H,9-12,14H2,1-2H3/t15-/m1/s1. The Labute approximate surface area is 174 Å². The topological polar surface area (TPSA) is 74.3 Å². The van der Waals surface area contributed by atoms with E-state index in [1.165, 1.54) is 31.4 Å². The van der Waals surface area contributed by atoms with Crippen molar-refractivity contribution in [3.05, 3.63) is 59.4 Å². The van der Waals surface area contributed by atoms with Gasteiger partial charge in [-0.2, -0.15) is 0 Å². The number of methoxy groups -OCH3 is 1. The molecule has 0 radical (unpaired) electrons. The van der Waals surface area contributed by atoms with Crippen LogP contribution in [-0.4, -0.2) is 56.8 Å². The van der Waals surface area contributed by atoms with Crippen LogP contribution in [0.4, 0.5) is 4.39 Å². The summed E-state index contributed by atoms with van der Waals surface area (Å²) in [5.74, 6) is -0.390. The van der Waals surface area contributed by atoms with Gasteiger partial charge in [0.15, 0.2) is 18.1 Å². The SMILES string of the molecule is COc1cc(C(=O)O[C@H](C)c2ccc(F)cc2)ccc1OCC(=O)N1CCOCC1. The summed E-state index contributed by atoms with van der Waals surface area (Å²) in [4.78, 5) is 26.4. The first-order valence-electron chi connectivity index (χ1n) is 9.60. The molecule has 0 aromatic heterocycles. The third-order valence-corrected chi connectivity index (χ3v) is 4.74. The van der Waals surface area contributed by atoms with Gasteiger partial charge in [-0.3, -0.25) is 4.79 Å². The minimum Gasteiger partial charge on any atom is -0.493 e. The molecule has 8 heteroatoms. The molecule has 1 aliphatic rings. The third-order valence-electron chi connectivity index (χ3n) is 4.74. The lowest BCUT2D eigenvalue weighted by molar-refractivity contribution is -0.137. The third kappa shape index (κ3) is 5.48. The number of amides is 1. The highest BCUT2D eigenvalue weighted by atomic mass is 19.1. The molecule has 0 saturated carbocycles. The normalized spacial score (nSPS) is 14.7. The largest absolute Gasteiger partial charge is 0.493 e. The van der Waals surface area contributed by atoms with E-state index in [-0.39, 0.29) is 23.9 Å². The summed E-state index contributed by atoms with van der Waals surface area (Å²) in [5.41, 5.74) is 0.950. The fourth-order valence-electron chi connectivity index (χ4n) is 2.99. The molecule has 160 valence electrons. The number of rotatable bonds is 7. The Bertz CT molecular complexity index is 880. The molecule has 1 atom stereocenters. The summed E-state index contributed by atoms with van der Waals surface area (Å²) in [6.07, 6.45) is -0.550. The zero-order valence-electron chi connectivity index (χ0n) is 16.9. The van der Waals surface area contributed by atoms with Crippen molar-refractivity contribution < 1.29 is 32.9 Å². The summed E-state index contributed by atoms with van der Waals surface area (Å²) < 4.78 is 34.6. The van der Waals surface area contributed by atoms with E-state index in [0.29, 0.717) is 43.4 Å². The number of hydrogen-bond donors (Lipinski definition) is 0. The summed E-state index contributed by atoms with van der Waals surface area (Å²) in [6, 6.07) is 10.3. The Balaban J connectivity index is 1.61. The number of carbonyl (C=O) groups is 2. The zero-order valence-corrected chi connectivity index (χ0v) is 16.9. The summed E-state index contributed by atoms with van der Waals surface area (Å²) in [7, 11) is 1.45. The van der Waals surface area contributed by atoms with Gasteiger partial charge in [-0.25, -0.2) is 9.18 Å². The first-order chi connectivity index (χ1) is 14.5. The predicted molar refractivity (Wildman–Crippen MR) is 106 cm³/mol. The van der Waals surface area contributed by atoms with Crippen LogP contribution in [0.5, 0.6) is 11.5 Å². The Morgan fingerprint density at radius 1 is 1.10 bits per heavy atom. The number of nitrogens with zero attached hydrogens (tertiary/aromatic N) is 1. The molecule has 1 heterocycles. The number of halogens is 1. The molecule has 0 N–H and O–H groups in total. The quantitative estimate of drug-likeness (QED) is 0.645. The number of benzene rings is 2. The number of carbonyl (C=O) groups excluding carboxylic acids is 2. The lowest BCUT2D eigenvalue weighted by atomic mass is 10.1. The number of hydrogen-bond acceptors (Lipinski definition) is 6. The van der Waals surface area contributed by atoms with Crippen molar-refractivity contribution in [2.45, 2.75) is 13.0 Å². The van der Waals surface area contributed by atoms with Crippen molar-refractivity contribution in [2.24, 2.45) is 0 Å². The van der Waals surface area contributed by atoms with Crippen LogP contribution in [0.3, 0.4) is 0 Å². The van der Waals surface area contributed by atoms with Gasteiger partial charge in [0.2, 0.25) is 0 Å². The maximum Gasteiger partial charge on any atom is 0.338 e. The van der Waals surface area contributed by atoms with Gasteiger partial charge in [0.25, 0.3) is 5.91 Å². The van der Waals surface area contributed by atoms with Crippen molar-refractivity contribution in [3.63, 3.8) is 0 Å². The summed E-state index contributed by atoms with van der Waals surface area (Å²) in [6.45, 7) is 3.68. The van der Waals surface area contributed by atoms with Gasteiger partial charge >= 0.3 is 5.97 Å². The molecule has 0 unspecified atom stereocenters. The molecule has 3 rings (SSSR count). The highest BCUT2D eigenvalue weighted by Crippen LogP contribution is 2.29. The average molecular weight is 417 g/mol. The summed E-state index contributed by atoms with van der Waals surface area (Å²) >= 11 is 0. The van der Waals surface area contributed by atoms with Crippen LogP contribution in [0, 0.1) is 5.82 Å². The molecule has 1 fully saturated rings.